The number of aromatic hydroxyl groups is 1. The third-order valence-corrected chi connectivity index (χ3v) is 4.43. The molecular weight excluding hydrogens is 270 g/mol. The van der Waals surface area contributed by atoms with Gasteiger partial charge in [-0.15, -0.1) is 0 Å². The van der Waals surface area contributed by atoms with Crippen LogP contribution in [-0.4, -0.2) is 28.9 Å². The van der Waals surface area contributed by atoms with Crippen LogP contribution in [0.3, 0.4) is 0 Å². The van der Waals surface area contributed by atoms with E-state index in [9.17, 15) is 9.90 Å². The van der Waals surface area contributed by atoms with Gasteiger partial charge >= 0.3 is 0 Å². The molecule has 1 N–H and O–H groups in total. The van der Waals surface area contributed by atoms with Crippen LogP contribution in [0.4, 0.5) is 0 Å². The molecule has 0 saturated heterocycles. The predicted octanol–water partition coefficient (Wildman–Crippen LogP) is 3.15. The van der Waals surface area contributed by atoms with Crippen molar-refractivity contribution in [2.75, 3.05) is 13.1 Å². The van der Waals surface area contributed by atoms with Crippen LogP contribution in [0, 0.1) is 0 Å². The van der Waals surface area contributed by atoms with Gasteiger partial charge in [0.05, 0.1) is 9.93 Å². The number of thioether (sulfide) groups is 1. The number of phenolic OH excluding ortho intramolecular Hbond substituents is 1. The Morgan fingerprint density at radius 2 is 2.10 bits per heavy atom. The van der Waals surface area contributed by atoms with E-state index in [0.29, 0.717) is 10.5 Å². The third-order valence-electron chi connectivity index (χ3n) is 3.31. The summed E-state index contributed by atoms with van der Waals surface area (Å²) in [5.41, 5.74) is 0.677. The Hall–Kier alpha value is -1.94. The van der Waals surface area contributed by atoms with E-state index in [4.69, 9.17) is 0 Å². The molecule has 0 saturated carbocycles. The zero-order chi connectivity index (χ0) is 13.9. The van der Waals surface area contributed by atoms with Crippen LogP contribution in [0.1, 0.15) is 12.0 Å². The molecule has 1 aromatic rings. The molecule has 20 heavy (non-hydrogen) atoms. The summed E-state index contributed by atoms with van der Waals surface area (Å²) in [6.45, 7) is 1.81. The van der Waals surface area contributed by atoms with Crippen molar-refractivity contribution in [3.8, 4) is 5.75 Å². The van der Waals surface area contributed by atoms with Crippen LogP contribution in [0.2, 0.25) is 0 Å². The fourth-order valence-electron chi connectivity index (χ4n) is 2.22. The first kappa shape index (κ1) is 13.1. The summed E-state index contributed by atoms with van der Waals surface area (Å²) < 4.78 is 0. The molecule has 0 spiro atoms. The standard InChI is InChI=1S/C16H15NO2S/c18-13-7-3-2-6-12(13)10-15-14(19)11-16(20-15)17-8-4-1-5-9-17/h1-4,6-7,10-11,18H,5,8-9H2/b15-10-. The highest BCUT2D eigenvalue weighted by Gasteiger charge is 2.24. The van der Waals surface area contributed by atoms with Gasteiger partial charge in [-0.25, -0.2) is 0 Å². The summed E-state index contributed by atoms with van der Waals surface area (Å²) >= 11 is 1.48. The summed E-state index contributed by atoms with van der Waals surface area (Å²) in [5, 5.41) is 10.8. The van der Waals surface area contributed by atoms with E-state index >= 15 is 0 Å². The van der Waals surface area contributed by atoms with E-state index in [1.165, 1.54) is 11.8 Å². The Kier molecular flexibility index (Phi) is 3.65. The fraction of sp³-hybridized carbons (Fsp3) is 0.188. The van der Waals surface area contributed by atoms with Crippen LogP contribution in [0.15, 0.2) is 52.4 Å². The number of allylic oxidation sites excluding steroid dienone is 2. The van der Waals surface area contributed by atoms with Crippen molar-refractivity contribution in [2.24, 2.45) is 0 Å². The second kappa shape index (κ2) is 5.59. The van der Waals surface area contributed by atoms with Gasteiger partial charge in [0.1, 0.15) is 5.75 Å². The lowest BCUT2D eigenvalue weighted by Crippen LogP contribution is -2.24. The first-order chi connectivity index (χ1) is 9.74. The van der Waals surface area contributed by atoms with Crippen LogP contribution >= 0.6 is 11.8 Å². The van der Waals surface area contributed by atoms with Gasteiger partial charge in [-0.05, 0) is 18.6 Å². The smallest absolute Gasteiger partial charge is 0.195 e. The van der Waals surface area contributed by atoms with E-state index in [-0.39, 0.29) is 11.5 Å². The minimum absolute atomic E-state index is 0.0165. The number of hydrogen-bond acceptors (Lipinski definition) is 4. The summed E-state index contributed by atoms with van der Waals surface area (Å²) in [6, 6.07) is 7.04. The van der Waals surface area contributed by atoms with Crippen molar-refractivity contribution in [1.82, 2.24) is 4.90 Å². The first-order valence-corrected chi connectivity index (χ1v) is 7.39. The predicted molar refractivity (Wildman–Crippen MR) is 82.1 cm³/mol. The number of rotatable bonds is 2. The maximum Gasteiger partial charge on any atom is 0.195 e. The molecule has 0 atom stereocenters. The molecule has 2 aliphatic heterocycles. The Morgan fingerprint density at radius 3 is 2.85 bits per heavy atom. The van der Waals surface area contributed by atoms with Crippen molar-refractivity contribution in [2.45, 2.75) is 6.42 Å². The Labute approximate surface area is 122 Å². The largest absolute Gasteiger partial charge is 0.507 e. The molecule has 3 rings (SSSR count). The normalized spacial score (nSPS) is 20.6. The van der Waals surface area contributed by atoms with Crippen LogP contribution in [-0.2, 0) is 4.79 Å². The Balaban J connectivity index is 1.80. The lowest BCUT2D eigenvalue weighted by atomic mass is 10.1. The Bertz CT molecular complexity index is 631. The maximum atomic E-state index is 12.1. The van der Waals surface area contributed by atoms with E-state index in [2.05, 4.69) is 17.1 Å². The lowest BCUT2D eigenvalue weighted by Gasteiger charge is -2.25. The van der Waals surface area contributed by atoms with Crippen LogP contribution in [0.5, 0.6) is 5.75 Å². The molecule has 4 heteroatoms. The minimum atomic E-state index is 0.0165. The Morgan fingerprint density at radius 1 is 1.25 bits per heavy atom. The summed E-state index contributed by atoms with van der Waals surface area (Å²) in [7, 11) is 0. The van der Waals surface area contributed by atoms with Gasteiger partial charge in [0.15, 0.2) is 5.78 Å². The molecular formula is C16H15NO2S. The molecule has 2 heterocycles. The number of benzene rings is 1. The van der Waals surface area contributed by atoms with Gasteiger partial charge in [0.2, 0.25) is 0 Å². The molecule has 102 valence electrons. The highest BCUT2D eigenvalue weighted by molar-refractivity contribution is 8.08. The number of hydrogen-bond donors (Lipinski definition) is 1. The number of para-hydroxylation sites is 1. The van der Waals surface area contributed by atoms with Crippen LogP contribution in [0.25, 0.3) is 6.08 Å². The molecule has 0 aromatic heterocycles. The van der Waals surface area contributed by atoms with E-state index in [1.54, 1.807) is 30.4 Å². The van der Waals surface area contributed by atoms with Gasteiger partial charge in [-0.2, -0.15) is 0 Å². The fourth-order valence-corrected chi connectivity index (χ4v) is 3.26. The number of carbonyl (C=O) groups is 1. The van der Waals surface area contributed by atoms with E-state index in [0.717, 1.165) is 24.5 Å². The van der Waals surface area contributed by atoms with Gasteiger partial charge in [0, 0.05) is 24.7 Å². The minimum Gasteiger partial charge on any atom is -0.507 e. The molecule has 1 aromatic carbocycles. The number of nitrogens with zero attached hydrogens (tertiary/aromatic N) is 1. The number of phenols is 1. The van der Waals surface area contributed by atoms with E-state index in [1.807, 2.05) is 6.07 Å². The van der Waals surface area contributed by atoms with Crippen molar-refractivity contribution in [1.29, 1.82) is 0 Å². The first-order valence-electron chi connectivity index (χ1n) is 6.57. The molecule has 2 aliphatic rings. The maximum absolute atomic E-state index is 12.1. The highest BCUT2D eigenvalue weighted by Crippen LogP contribution is 2.38. The van der Waals surface area contributed by atoms with E-state index < -0.39 is 0 Å². The van der Waals surface area contributed by atoms with Crippen LogP contribution < -0.4 is 0 Å². The second-order valence-electron chi connectivity index (χ2n) is 4.72. The number of ketones is 1. The molecule has 0 unspecified atom stereocenters. The third kappa shape index (κ3) is 2.65. The van der Waals surface area contributed by atoms with Crippen molar-refractivity contribution in [3.05, 3.63) is 58.0 Å². The second-order valence-corrected chi connectivity index (χ2v) is 5.78. The van der Waals surface area contributed by atoms with Gasteiger partial charge in [-0.3, -0.25) is 4.79 Å². The molecule has 0 amide bonds. The SMILES string of the molecule is O=C1C=C(N2CC=CCC2)S/C1=C\c1ccccc1O. The van der Waals surface area contributed by atoms with Gasteiger partial charge in [-0.1, -0.05) is 42.1 Å². The lowest BCUT2D eigenvalue weighted by molar-refractivity contribution is -0.110. The average molecular weight is 285 g/mol. The number of carbonyl (C=O) groups excluding carboxylic acids is 1. The van der Waals surface area contributed by atoms with Gasteiger partial charge in [0.25, 0.3) is 0 Å². The summed E-state index contributed by atoms with van der Waals surface area (Å²) in [5.74, 6) is 0.213. The summed E-state index contributed by atoms with van der Waals surface area (Å²) in [4.78, 5) is 14.9. The topological polar surface area (TPSA) is 40.5 Å². The monoisotopic (exact) mass is 285 g/mol. The molecule has 0 fully saturated rings. The van der Waals surface area contributed by atoms with Gasteiger partial charge < -0.3 is 10.0 Å². The highest BCUT2D eigenvalue weighted by atomic mass is 32.2. The quantitative estimate of drug-likeness (QED) is 0.669. The molecule has 0 radical (unpaired) electrons. The zero-order valence-corrected chi connectivity index (χ0v) is 11.8. The molecule has 0 aliphatic carbocycles. The van der Waals surface area contributed by atoms with Crippen molar-refractivity contribution < 1.29 is 9.90 Å². The van der Waals surface area contributed by atoms with Crippen molar-refractivity contribution >= 4 is 23.6 Å². The molecule has 0 bridgehead atoms. The molecule has 3 nitrogen and oxygen atoms in total. The summed E-state index contributed by atoms with van der Waals surface area (Å²) in [6.07, 6.45) is 8.75. The average Bonchev–Trinajstić information content (AvgIpc) is 2.84. The zero-order valence-electron chi connectivity index (χ0n) is 11.0. The van der Waals surface area contributed by atoms with Crippen molar-refractivity contribution in [3.63, 3.8) is 0 Å².